The molecule has 0 aliphatic heterocycles. The smallest absolute Gasteiger partial charge is 0.254 e. The Morgan fingerprint density at radius 1 is 0.774 bits per heavy atom. The monoisotopic (exact) mass is 408 g/mol. The largest absolute Gasteiger partial charge is 0.345 e. The number of hydrogen-bond donors (Lipinski definition) is 0. The maximum atomic E-state index is 13.3. The molecule has 3 heteroatoms. The summed E-state index contributed by atoms with van der Waals surface area (Å²) in [6.07, 6.45) is 3.01. The van der Waals surface area contributed by atoms with Crippen molar-refractivity contribution in [3.05, 3.63) is 120 Å². The number of carbonyl (C=O) groups is 1. The zero-order valence-corrected chi connectivity index (χ0v) is 17.9. The first-order valence-corrected chi connectivity index (χ1v) is 10.9. The molecule has 4 rings (SSSR count). The summed E-state index contributed by atoms with van der Waals surface area (Å²) in [4.78, 5) is 15.2. The highest BCUT2D eigenvalue weighted by Crippen LogP contribution is 2.20. The van der Waals surface area contributed by atoms with E-state index in [9.17, 15) is 4.79 Å². The summed E-state index contributed by atoms with van der Waals surface area (Å²) in [7, 11) is 0. The fraction of sp³-hybridized carbons (Fsp3) is 0.179. The number of carbonyl (C=O) groups excluding carboxylic acids is 1. The Morgan fingerprint density at radius 3 is 2.10 bits per heavy atom. The molecular weight excluding hydrogens is 380 g/mol. The molecule has 1 heterocycles. The Hall–Kier alpha value is -3.59. The summed E-state index contributed by atoms with van der Waals surface area (Å²) in [6.45, 7) is 4.26. The topological polar surface area (TPSA) is 25.2 Å². The van der Waals surface area contributed by atoms with E-state index in [1.54, 1.807) is 0 Å². The van der Waals surface area contributed by atoms with Gasteiger partial charge in [-0.3, -0.25) is 4.79 Å². The van der Waals surface area contributed by atoms with Crippen LogP contribution in [0.4, 0.5) is 0 Å². The Bertz CT molecular complexity index is 1100. The van der Waals surface area contributed by atoms with Gasteiger partial charge < -0.3 is 9.47 Å². The third-order valence-corrected chi connectivity index (χ3v) is 5.49. The van der Waals surface area contributed by atoms with Crippen LogP contribution in [0.3, 0.4) is 0 Å². The summed E-state index contributed by atoms with van der Waals surface area (Å²) in [5.74, 6) is 0.0777. The van der Waals surface area contributed by atoms with Gasteiger partial charge in [-0.15, -0.1) is 0 Å². The van der Waals surface area contributed by atoms with Crippen LogP contribution in [0.25, 0.3) is 11.1 Å². The summed E-state index contributed by atoms with van der Waals surface area (Å²) in [5, 5.41) is 0. The zero-order valence-electron chi connectivity index (χ0n) is 17.9. The molecule has 0 atom stereocenters. The van der Waals surface area contributed by atoms with Gasteiger partial charge in [-0.2, -0.15) is 0 Å². The van der Waals surface area contributed by atoms with Crippen LogP contribution in [0.1, 0.15) is 35.0 Å². The molecule has 0 spiro atoms. The van der Waals surface area contributed by atoms with Crippen LogP contribution in [-0.4, -0.2) is 21.9 Å². The van der Waals surface area contributed by atoms with E-state index >= 15 is 0 Å². The molecule has 4 aromatic rings. The van der Waals surface area contributed by atoms with Gasteiger partial charge in [0.2, 0.25) is 0 Å². The molecule has 0 bridgehead atoms. The zero-order chi connectivity index (χ0) is 21.5. The number of amides is 1. The quantitative estimate of drug-likeness (QED) is 0.338. The van der Waals surface area contributed by atoms with Crippen molar-refractivity contribution < 1.29 is 4.79 Å². The van der Waals surface area contributed by atoms with Crippen molar-refractivity contribution in [2.45, 2.75) is 26.4 Å². The van der Waals surface area contributed by atoms with Gasteiger partial charge in [0.15, 0.2) is 0 Å². The van der Waals surface area contributed by atoms with Gasteiger partial charge in [-0.1, -0.05) is 79.7 Å². The maximum Gasteiger partial charge on any atom is 0.254 e. The fourth-order valence-electron chi connectivity index (χ4n) is 3.86. The van der Waals surface area contributed by atoms with Crippen molar-refractivity contribution >= 4 is 5.91 Å². The highest BCUT2D eigenvalue weighted by molar-refractivity contribution is 5.94. The average Bonchev–Trinajstić information content (AvgIpc) is 3.26. The number of rotatable bonds is 8. The van der Waals surface area contributed by atoms with Crippen LogP contribution in [0.5, 0.6) is 0 Å². The van der Waals surface area contributed by atoms with Gasteiger partial charge in [0, 0.05) is 30.5 Å². The molecule has 3 nitrogen and oxygen atoms in total. The summed E-state index contributed by atoms with van der Waals surface area (Å²) in [5.41, 5.74) is 5.41. The van der Waals surface area contributed by atoms with E-state index in [2.05, 4.69) is 66.2 Å². The molecule has 0 aliphatic rings. The second-order valence-electron chi connectivity index (χ2n) is 7.78. The second-order valence-corrected chi connectivity index (χ2v) is 7.78. The summed E-state index contributed by atoms with van der Waals surface area (Å²) < 4.78 is 2.23. The number of nitrogens with zero attached hydrogens (tertiary/aromatic N) is 2. The first kappa shape index (κ1) is 20.7. The van der Waals surface area contributed by atoms with Crippen LogP contribution in [0.2, 0.25) is 0 Å². The van der Waals surface area contributed by atoms with Crippen LogP contribution in [0.15, 0.2) is 103 Å². The normalized spacial score (nSPS) is 10.7. The molecule has 0 saturated heterocycles. The van der Waals surface area contributed by atoms with E-state index in [4.69, 9.17) is 0 Å². The number of benzene rings is 3. The summed E-state index contributed by atoms with van der Waals surface area (Å²) >= 11 is 0. The average molecular weight is 409 g/mol. The third kappa shape index (κ3) is 5.13. The molecule has 0 saturated carbocycles. The molecule has 0 fully saturated rings. The van der Waals surface area contributed by atoms with E-state index < -0.39 is 0 Å². The Balaban J connectivity index is 1.50. The predicted octanol–water partition coefficient (Wildman–Crippen LogP) is 6.26. The van der Waals surface area contributed by atoms with E-state index in [0.29, 0.717) is 6.54 Å². The first-order chi connectivity index (χ1) is 15.2. The van der Waals surface area contributed by atoms with Crippen LogP contribution in [-0.2, 0) is 13.1 Å². The lowest BCUT2D eigenvalue weighted by atomic mass is 10.0. The molecule has 3 aromatic carbocycles. The van der Waals surface area contributed by atoms with E-state index in [1.807, 2.05) is 53.4 Å². The third-order valence-electron chi connectivity index (χ3n) is 5.49. The second kappa shape index (κ2) is 9.94. The molecule has 1 amide bonds. The Labute approximate surface area is 184 Å². The predicted molar refractivity (Wildman–Crippen MR) is 127 cm³/mol. The molecule has 0 N–H and O–H groups in total. The lowest BCUT2D eigenvalue weighted by Gasteiger charge is -2.23. The van der Waals surface area contributed by atoms with Gasteiger partial charge in [0.05, 0.1) is 6.54 Å². The van der Waals surface area contributed by atoms with E-state index in [0.717, 1.165) is 41.9 Å². The standard InChI is InChI=1S/C28H28N2O/c1-2-19-30(22-27-14-9-20-29(27)21-23-10-5-3-6-11-23)28(31)26-17-15-25(16-18-26)24-12-7-4-8-13-24/h3-18,20H,2,19,21-22H2,1H3. The molecule has 0 aliphatic carbocycles. The SMILES string of the molecule is CCCN(Cc1cccn1Cc1ccccc1)C(=O)c1ccc(-c2ccccc2)cc1. The molecular formula is C28H28N2O. The molecule has 156 valence electrons. The van der Waals surface area contributed by atoms with Gasteiger partial charge in [-0.05, 0) is 47.4 Å². The molecule has 0 unspecified atom stereocenters. The van der Waals surface area contributed by atoms with Crippen molar-refractivity contribution in [2.24, 2.45) is 0 Å². The first-order valence-electron chi connectivity index (χ1n) is 10.9. The van der Waals surface area contributed by atoms with Crippen molar-refractivity contribution in [1.82, 2.24) is 9.47 Å². The van der Waals surface area contributed by atoms with Crippen LogP contribution < -0.4 is 0 Å². The summed E-state index contributed by atoms with van der Waals surface area (Å²) in [6, 6.07) is 32.8. The minimum Gasteiger partial charge on any atom is -0.345 e. The van der Waals surface area contributed by atoms with Crippen molar-refractivity contribution in [3.8, 4) is 11.1 Å². The van der Waals surface area contributed by atoms with Crippen LogP contribution >= 0.6 is 0 Å². The van der Waals surface area contributed by atoms with Gasteiger partial charge in [0.1, 0.15) is 0 Å². The number of hydrogen-bond acceptors (Lipinski definition) is 1. The molecule has 1 aromatic heterocycles. The Kier molecular flexibility index (Phi) is 6.63. The number of aromatic nitrogens is 1. The van der Waals surface area contributed by atoms with Gasteiger partial charge in [-0.25, -0.2) is 0 Å². The fourth-order valence-corrected chi connectivity index (χ4v) is 3.86. The Morgan fingerprint density at radius 2 is 1.42 bits per heavy atom. The van der Waals surface area contributed by atoms with Gasteiger partial charge >= 0.3 is 0 Å². The molecule has 0 radical (unpaired) electrons. The van der Waals surface area contributed by atoms with E-state index in [-0.39, 0.29) is 5.91 Å². The highest BCUT2D eigenvalue weighted by Gasteiger charge is 2.17. The van der Waals surface area contributed by atoms with Crippen molar-refractivity contribution in [1.29, 1.82) is 0 Å². The minimum absolute atomic E-state index is 0.0777. The van der Waals surface area contributed by atoms with Crippen LogP contribution in [0, 0.1) is 0 Å². The molecule has 31 heavy (non-hydrogen) atoms. The lowest BCUT2D eigenvalue weighted by molar-refractivity contribution is 0.0739. The minimum atomic E-state index is 0.0777. The van der Waals surface area contributed by atoms with Crippen molar-refractivity contribution in [3.63, 3.8) is 0 Å². The highest BCUT2D eigenvalue weighted by atomic mass is 16.2. The lowest BCUT2D eigenvalue weighted by Crippen LogP contribution is -2.32. The van der Waals surface area contributed by atoms with E-state index in [1.165, 1.54) is 5.56 Å². The maximum absolute atomic E-state index is 13.3. The van der Waals surface area contributed by atoms with Gasteiger partial charge in [0.25, 0.3) is 5.91 Å². The van der Waals surface area contributed by atoms with Crippen molar-refractivity contribution in [2.75, 3.05) is 6.54 Å².